The molecule has 0 atom stereocenters. The number of esters is 1. The van der Waals surface area contributed by atoms with Crippen molar-refractivity contribution in [2.75, 3.05) is 119 Å². The summed E-state index contributed by atoms with van der Waals surface area (Å²) in [6.07, 6.45) is 1.23. The molecule has 1 N–H and O–H groups in total. The smallest absolute Gasteiger partial charge is 0.305 e. The highest BCUT2D eigenvalue weighted by atomic mass is 19.1. The van der Waals surface area contributed by atoms with E-state index in [9.17, 15) is 14.0 Å². The lowest BCUT2D eigenvalue weighted by molar-refractivity contribution is -0.146. The molecule has 220 valence electrons. The lowest BCUT2D eigenvalue weighted by Gasteiger charge is -2.09. The van der Waals surface area contributed by atoms with E-state index in [1.165, 1.54) is 0 Å². The molecule has 0 aliphatic heterocycles. The molecule has 0 unspecified atom stereocenters. The van der Waals surface area contributed by atoms with E-state index in [2.05, 4.69) is 0 Å². The molecule has 0 aromatic heterocycles. The Balaban J connectivity index is 3.09. The molecule has 0 radical (unpaired) electrons. The van der Waals surface area contributed by atoms with E-state index in [0.29, 0.717) is 105 Å². The lowest BCUT2D eigenvalue weighted by atomic mass is 10.2. The molecule has 13 heteroatoms. The van der Waals surface area contributed by atoms with Crippen LogP contribution in [0.5, 0.6) is 0 Å². The van der Waals surface area contributed by atoms with Crippen LogP contribution in [0.25, 0.3) is 0 Å². The Labute approximate surface area is 218 Å². The van der Waals surface area contributed by atoms with E-state index >= 15 is 0 Å². The van der Waals surface area contributed by atoms with Crippen LogP contribution in [0.15, 0.2) is 0 Å². The van der Waals surface area contributed by atoms with Gasteiger partial charge in [-0.05, 0) is 12.8 Å². The van der Waals surface area contributed by atoms with Crippen LogP contribution in [0, 0.1) is 0 Å². The number of rotatable bonds is 31. The Morgan fingerprint density at radius 1 is 0.459 bits per heavy atom. The quantitative estimate of drug-likeness (QED) is 0.0994. The molecule has 0 spiro atoms. The molecule has 37 heavy (non-hydrogen) atoms. The fourth-order valence-corrected chi connectivity index (χ4v) is 2.53. The van der Waals surface area contributed by atoms with E-state index in [-0.39, 0.29) is 38.6 Å². The molecular weight excluding hydrogens is 499 g/mol. The highest BCUT2D eigenvalue weighted by Crippen LogP contribution is 2.01. The monoisotopic (exact) mass is 544 g/mol. The maximum atomic E-state index is 11.8. The van der Waals surface area contributed by atoms with Crippen LogP contribution in [0.1, 0.15) is 25.7 Å². The predicted octanol–water partition coefficient (Wildman–Crippen LogP) is 1.28. The third-order valence-corrected chi connectivity index (χ3v) is 4.34. The van der Waals surface area contributed by atoms with Crippen LogP contribution in [-0.4, -0.2) is 136 Å². The third-order valence-electron chi connectivity index (χ3n) is 4.34. The van der Waals surface area contributed by atoms with Gasteiger partial charge in [0.1, 0.15) is 13.3 Å². The first kappa shape index (κ1) is 35.5. The number of carboxylic acid groups (broad SMARTS) is 1. The summed E-state index contributed by atoms with van der Waals surface area (Å²) in [4.78, 5) is 21.8. The van der Waals surface area contributed by atoms with Gasteiger partial charge in [0.25, 0.3) is 0 Å². The highest BCUT2D eigenvalue weighted by molar-refractivity contribution is 5.69. The molecule has 0 aliphatic carbocycles. The first-order valence-corrected chi connectivity index (χ1v) is 12.7. The molecule has 0 saturated heterocycles. The zero-order chi connectivity index (χ0) is 27.1. The van der Waals surface area contributed by atoms with Gasteiger partial charge in [0, 0.05) is 12.8 Å². The lowest BCUT2D eigenvalue weighted by Crippen LogP contribution is -2.15. The number of unbranched alkanes of at least 4 members (excludes halogenated alkanes) is 1. The number of aliphatic carboxylic acids is 1. The second kappa shape index (κ2) is 30.8. The molecule has 12 nitrogen and oxygen atoms in total. The number of halogens is 1. The first-order chi connectivity index (χ1) is 18.2. The molecule has 0 amide bonds. The summed E-state index contributed by atoms with van der Waals surface area (Å²) in [5.74, 6) is -1.21. The number of alkyl halides is 1. The minimum absolute atomic E-state index is 0.0596. The molecule has 0 rings (SSSR count). The fourth-order valence-electron chi connectivity index (χ4n) is 2.53. The number of carbonyl (C=O) groups is 2. The van der Waals surface area contributed by atoms with Gasteiger partial charge >= 0.3 is 11.9 Å². The van der Waals surface area contributed by atoms with Crippen LogP contribution in [0.3, 0.4) is 0 Å². The van der Waals surface area contributed by atoms with Crippen molar-refractivity contribution in [2.45, 2.75) is 25.7 Å². The van der Waals surface area contributed by atoms with Crippen molar-refractivity contribution in [3.8, 4) is 0 Å². The molecule has 0 aromatic carbocycles. The minimum atomic E-state index is -0.864. The highest BCUT2D eigenvalue weighted by Gasteiger charge is 2.04. The zero-order valence-corrected chi connectivity index (χ0v) is 21.9. The largest absolute Gasteiger partial charge is 0.481 e. The minimum Gasteiger partial charge on any atom is -0.481 e. The Kier molecular flexibility index (Phi) is 29.6. The van der Waals surface area contributed by atoms with Crippen molar-refractivity contribution in [1.82, 2.24) is 0 Å². The summed E-state index contributed by atoms with van der Waals surface area (Å²) in [5, 5.41) is 8.52. The fraction of sp³-hybridized carbons (Fsp3) is 0.917. The van der Waals surface area contributed by atoms with Crippen molar-refractivity contribution < 1.29 is 61.7 Å². The number of hydrogen-bond donors (Lipinski definition) is 1. The Morgan fingerprint density at radius 3 is 1.08 bits per heavy atom. The predicted molar refractivity (Wildman–Crippen MR) is 130 cm³/mol. The maximum absolute atomic E-state index is 11.8. The normalized spacial score (nSPS) is 11.2. The summed E-state index contributed by atoms with van der Waals surface area (Å²) >= 11 is 0. The zero-order valence-electron chi connectivity index (χ0n) is 21.9. The first-order valence-electron chi connectivity index (χ1n) is 12.7. The van der Waals surface area contributed by atoms with E-state index in [1.54, 1.807) is 0 Å². The number of carbonyl (C=O) groups excluding carboxylic acids is 1. The van der Waals surface area contributed by atoms with Crippen LogP contribution in [0.4, 0.5) is 4.39 Å². The second-order valence-electron chi connectivity index (χ2n) is 7.41. The van der Waals surface area contributed by atoms with Gasteiger partial charge in [-0.25, -0.2) is 4.39 Å². The van der Waals surface area contributed by atoms with Crippen molar-refractivity contribution in [2.24, 2.45) is 0 Å². The van der Waals surface area contributed by atoms with Crippen LogP contribution >= 0.6 is 0 Å². The molecule has 0 fully saturated rings. The maximum Gasteiger partial charge on any atom is 0.305 e. The van der Waals surface area contributed by atoms with E-state index in [1.807, 2.05) is 0 Å². The van der Waals surface area contributed by atoms with Crippen molar-refractivity contribution in [1.29, 1.82) is 0 Å². The van der Waals surface area contributed by atoms with Crippen molar-refractivity contribution in [3.05, 3.63) is 0 Å². The van der Waals surface area contributed by atoms with Gasteiger partial charge in [0.2, 0.25) is 0 Å². The van der Waals surface area contributed by atoms with Crippen molar-refractivity contribution in [3.63, 3.8) is 0 Å². The Morgan fingerprint density at radius 2 is 0.757 bits per heavy atom. The van der Waals surface area contributed by atoms with Gasteiger partial charge in [-0.1, -0.05) is 0 Å². The summed E-state index contributed by atoms with van der Waals surface area (Å²) in [6, 6.07) is 0. The summed E-state index contributed by atoms with van der Waals surface area (Å²) in [6.45, 7) is 6.30. The number of hydrogen-bond acceptors (Lipinski definition) is 11. The van der Waals surface area contributed by atoms with Gasteiger partial charge in [0.05, 0.1) is 106 Å². The molecular formula is C24H45FO12. The van der Waals surface area contributed by atoms with Crippen LogP contribution < -0.4 is 0 Å². The summed E-state index contributed by atoms with van der Waals surface area (Å²) in [7, 11) is 0. The average molecular weight is 545 g/mol. The number of carboxylic acids is 1. The molecule has 0 bridgehead atoms. The Hall–Kier alpha value is -1.45. The van der Waals surface area contributed by atoms with Gasteiger partial charge in [-0.2, -0.15) is 0 Å². The Bertz CT molecular complexity index is 498. The summed E-state index contributed by atoms with van der Waals surface area (Å²) < 4.78 is 59.2. The van der Waals surface area contributed by atoms with Crippen LogP contribution in [0.2, 0.25) is 0 Å². The average Bonchev–Trinajstić information content (AvgIpc) is 2.88. The number of ether oxygens (including phenoxy) is 9. The van der Waals surface area contributed by atoms with Gasteiger partial charge in [-0.15, -0.1) is 0 Å². The van der Waals surface area contributed by atoms with Crippen LogP contribution in [-0.2, 0) is 52.2 Å². The molecule has 0 saturated carbocycles. The standard InChI is InChI=1S/C24H45FO12/c25-5-6-29-7-8-30-9-10-31-11-12-32-13-14-33-15-16-34-17-18-35-19-20-36-21-22-37-24(28)4-2-1-3-23(26)27/h1-22H2,(H,26,27). The third kappa shape index (κ3) is 32.5. The van der Waals surface area contributed by atoms with Gasteiger partial charge < -0.3 is 47.7 Å². The topological polar surface area (TPSA) is 137 Å². The van der Waals surface area contributed by atoms with Gasteiger partial charge in [-0.3, -0.25) is 9.59 Å². The molecule has 0 heterocycles. The van der Waals surface area contributed by atoms with E-state index in [0.717, 1.165) is 0 Å². The van der Waals surface area contributed by atoms with Crippen molar-refractivity contribution >= 4 is 11.9 Å². The molecule has 0 aromatic rings. The SMILES string of the molecule is O=C(O)CCCCC(=O)OCCOCCOCCOCCOCCOCCOCCOCCOCCF. The van der Waals surface area contributed by atoms with Gasteiger partial charge in [0.15, 0.2) is 0 Å². The van der Waals surface area contributed by atoms with E-state index < -0.39 is 12.6 Å². The van der Waals surface area contributed by atoms with E-state index in [4.69, 9.17) is 47.7 Å². The second-order valence-corrected chi connectivity index (χ2v) is 7.41. The molecule has 0 aliphatic rings. The summed E-state index contributed by atoms with van der Waals surface area (Å²) in [5.41, 5.74) is 0.